The minimum Gasteiger partial charge on any atom is -0.396 e. The highest BCUT2D eigenvalue weighted by Gasteiger charge is 2.24. The van der Waals surface area contributed by atoms with E-state index in [2.05, 4.69) is 41.2 Å². The van der Waals surface area contributed by atoms with E-state index in [0.717, 1.165) is 0 Å². The molecular formula is C13H20BrNOS. The molecule has 0 aliphatic heterocycles. The normalized spacial score (nSPS) is 23.2. The fraction of sp³-hybridized carbons (Fsp3) is 0.692. The van der Waals surface area contributed by atoms with E-state index >= 15 is 0 Å². The van der Waals surface area contributed by atoms with Gasteiger partial charge in [0, 0.05) is 23.6 Å². The van der Waals surface area contributed by atoms with E-state index in [9.17, 15) is 5.11 Å². The lowest BCUT2D eigenvalue weighted by atomic mass is 9.92. The molecule has 1 aromatic rings. The summed E-state index contributed by atoms with van der Waals surface area (Å²) in [6, 6.07) is 3.08. The van der Waals surface area contributed by atoms with Crippen LogP contribution in [0.2, 0.25) is 0 Å². The zero-order valence-corrected chi connectivity index (χ0v) is 12.8. The van der Waals surface area contributed by atoms with Gasteiger partial charge in [0.25, 0.3) is 0 Å². The van der Waals surface area contributed by atoms with Gasteiger partial charge in [-0.05, 0) is 59.7 Å². The van der Waals surface area contributed by atoms with Crippen LogP contribution >= 0.6 is 27.3 Å². The number of aliphatic hydroxyl groups is 1. The van der Waals surface area contributed by atoms with Crippen molar-refractivity contribution in [2.45, 2.75) is 45.2 Å². The summed E-state index contributed by atoms with van der Waals surface area (Å²) in [5.74, 6) is 0.308. The highest BCUT2D eigenvalue weighted by atomic mass is 79.9. The van der Waals surface area contributed by atoms with Crippen molar-refractivity contribution < 1.29 is 5.11 Å². The van der Waals surface area contributed by atoms with Gasteiger partial charge in [-0.1, -0.05) is 6.92 Å². The van der Waals surface area contributed by atoms with Crippen molar-refractivity contribution in [1.82, 2.24) is 5.32 Å². The lowest BCUT2D eigenvalue weighted by molar-refractivity contribution is 0.198. The van der Waals surface area contributed by atoms with E-state index in [1.807, 2.05) is 11.3 Å². The molecule has 3 unspecified atom stereocenters. The Labute approximate surface area is 116 Å². The van der Waals surface area contributed by atoms with E-state index in [4.69, 9.17) is 0 Å². The molecule has 0 bridgehead atoms. The van der Waals surface area contributed by atoms with Crippen molar-refractivity contribution in [2.24, 2.45) is 5.92 Å². The third kappa shape index (κ3) is 3.11. The second-order valence-electron chi connectivity index (χ2n) is 4.99. The van der Waals surface area contributed by atoms with Crippen LogP contribution in [0.3, 0.4) is 0 Å². The standard InChI is InChI=1S/C13H20BrNOS/c1-8(7-16)9(2)15-11-4-3-5-12-10(11)6-13(14)17-12/h6,8-9,11,15-16H,3-5,7H2,1-2H3. The third-order valence-corrected chi connectivity index (χ3v) is 5.40. The molecule has 1 aliphatic carbocycles. The Balaban J connectivity index is 2.08. The monoisotopic (exact) mass is 317 g/mol. The number of nitrogens with one attached hydrogen (secondary N) is 1. The SMILES string of the molecule is CC(CO)C(C)NC1CCCc2sc(Br)cc21. The summed E-state index contributed by atoms with van der Waals surface area (Å²) >= 11 is 5.44. The van der Waals surface area contributed by atoms with Gasteiger partial charge in [-0.25, -0.2) is 0 Å². The molecule has 2 N–H and O–H groups in total. The van der Waals surface area contributed by atoms with Crippen molar-refractivity contribution in [3.05, 3.63) is 20.3 Å². The van der Waals surface area contributed by atoms with E-state index in [1.54, 1.807) is 0 Å². The number of rotatable bonds is 4. The summed E-state index contributed by atoms with van der Waals surface area (Å²) in [5.41, 5.74) is 1.46. The maximum absolute atomic E-state index is 9.19. The van der Waals surface area contributed by atoms with Crippen LogP contribution in [0.1, 0.15) is 43.2 Å². The zero-order valence-electron chi connectivity index (χ0n) is 10.4. The van der Waals surface area contributed by atoms with Gasteiger partial charge in [0.05, 0.1) is 3.79 Å². The van der Waals surface area contributed by atoms with Crippen LogP contribution in [-0.2, 0) is 6.42 Å². The Morgan fingerprint density at radius 1 is 1.59 bits per heavy atom. The largest absolute Gasteiger partial charge is 0.396 e. The molecule has 0 amide bonds. The number of fused-ring (bicyclic) bond motifs is 1. The van der Waals surface area contributed by atoms with E-state index < -0.39 is 0 Å². The highest BCUT2D eigenvalue weighted by Crippen LogP contribution is 2.38. The second-order valence-corrected chi connectivity index (χ2v) is 7.51. The average molecular weight is 318 g/mol. The summed E-state index contributed by atoms with van der Waals surface area (Å²) in [6.07, 6.45) is 3.68. The first-order valence-electron chi connectivity index (χ1n) is 6.26. The van der Waals surface area contributed by atoms with Crippen molar-refractivity contribution in [3.63, 3.8) is 0 Å². The van der Waals surface area contributed by atoms with Crippen LogP contribution in [0.25, 0.3) is 0 Å². The lowest BCUT2D eigenvalue weighted by Crippen LogP contribution is -2.37. The topological polar surface area (TPSA) is 32.3 Å². The summed E-state index contributed by atoms with van der Waals surface area (Å²) in [5, 5.41) is 12.9. The number of halogens is 1. The first-order chi connectivity index (χ1) is 8.11. The number of aryl methyl sites for hydroxylation is 1. The van der Waals surface area contributed by atoms with Crippen LogP contribution < -0.4 is 5.32 Å². The molecule has 1 aliphatic rings. The molecule has 0 radical (unpaired) electrons. The Morgan fingerprint density at radius 3 is 3.06 bits per heavy atom. The van der Waals surface area contributed by atoms with Gasteiger partial charge < -0.3 is 10.4 Å². The first-order valence-corrected chi connectivity index (χ1v) is 7.87. The fourth-order valence-corrected chi connectivity index (χ4v) is 4.15. The second kappa shape index (κ2) is 5.83. The predicted molar refractivity (Wildman–Crippen MR) is 76.5 cm³/mol. The summed E-state index contributed by atoms with van der Waals surface area (Å²) in [4.78, 5) is 1.52. The highest BCUT2D eigenvalue weighted by molar-refractivity contribution is 9.11. The Morgan fingerprint density at radius 2 is 2.35 bits per heavy atom. The molecule has 1 heterocycles. The summed E-state index contributed by atoms with van der Waals surface area (Å²) in [6.45, 7) is 4.50. The summed E-state index contributed by atoms with van der Waals surface area (Å²) in [7, 11) is 0. The van der Waals surface area contributed by atoms with Crippen LogP contribution in [0, 0.1) is 5.92 Å². The van der Waals surface area contributed by atoms with Crippen LogP contribution in [0.15, 0.2) is 9.85 Å². The molecule has 2 rings (SSSR count). The van der Waals surface area contributed by atoms with Gasteiger partial charge in [0.15, 0.2) is 0 Å². The number of aliphatic hydroxyl groups excluding tert-OH is 1. The fourth-order valence-electron chi connectivity index (χ4n) is 2.33. The van der Waals surface area contributed by atoms with Crippen molar-refractivity contribution in [1.29, 1.82) is 0 Å². The zero-order chi connectivity index (χ0) is 12.4. The molecule has 0 saturated carbocycles. The smallest absolute Gasteiger partial charge is 0.0704 e. The number of hydrogen-bond acceptors (Lipinski definition) is 3. The maximum atomic E-state index is 9.19. The van der Waals surface area contributed by atoms with Crippen LogP contribution in [-0.4, -0.2) is 17.8 Å². The van der Waals surface area contributed by atoms with Crippen LogP contribution in [0.5, 0.6) is 0 Å². The molecule has 3 atom stereocenters. The van der Waals surface area contributed by atoms with Gasteiger partial charge in [-0.2, -0.15) is 0 Å². The first kappa shape index (κ1) is 13.5. The molecule has 0 spiro atoms. The van der Waals surface area contributed by atoms with Crippen molar-refractivity contribution in [3.8, 4) is 0 Å². The van der Waals surface area contributed by atoms with Crippen molar-refractivity contribution in [2.75, 3.05) is 6.61 Å². The van der Waals surface area contributed by atoms with Gasteiger partial charge >= 0.3 is 0 Å². The molecule has 1 aromatic heterocycles. The van der Waals surface area contributed by atoms with E-state index in [1.165, 1.54) is 33.5 Å². The van der Waals surface area contributed by atoms with Crippen molar-refractivity contribution >= 4 is 27.3 Å². The molecule has 4 heteroatoms. The number of thiophene rings is 1. The van der Waals surface area contributed by atoms with Gasteiger partial charge in [0.2, 0.25) is 0 Å². The molecule has 0 aromatic carbocycles. The Bertz CT molecular complexity index is 379. The molecule has 2 nitrogen and oxygen atoms in total. The lowest BCUT2D eigenvalue weighted by Gasteiger charge is -2.29. The summed E-state index contributed by atoms with van der Waals surface area (Å²) < 4.78 is 1.24. The molecule has 96 valence electrons. The molecule has 0 fully saturated rings. The predicted octanol–water partition coefficient (Wildman–Crippen LogP) is 3.49. The Kier molecular flexibility index (Phi) is 4.64. The minimum absolute atomic E-state index is 0.251. The van der Waals surface area contributed by atoms with Crippen LogP contribution in [0.4, 0.5) is 0 Å². The van der Waals surface area contributed by atoms with E-state index in [-0.39, 0.29) is 6.61 Å². The quantitative estimate of drug-likeness (QED) is 0.891. The number of hydrogen-bond donors (Lipinski definition) is 2. The average Bonchev–Trinajstić information content (AvgIpc) is 2.69. The molecule has 0 saturated heterocycles. The van der Waals surface area contributed by atoms with Gasteiger partial charge in [-0.15, -0.1) is 11.3 Å². The van der Waals surface area contributed by atoms with Gasteiger partial charge in [0.1, 0.15) is 0 Å². The van der Waals surface area contributed by atoms with E-state index in [0.29, 0.717) is 18.0 Å². The van der Waals surface area contributed by atoms with Gasteiger partial charge in [-0.3, -0.25) is 0 Å². The molecule has 17 heavy (non-hydrogen) atoms. The Hall–Kier alpha value is 0.100. The minimum atomic E-state index is 0.251. The third-order valence-electron chi connectivity index (χ3n) is 3.69. The maximum Gasteiger partial charge on any atom is 0.0704 e. The molecular weight excluding hydrogens is 298 g/mol.